The molecule has 0 saturated carbocycles. The van der Waals surface area contributed by atoms with Gasteiger partial charge in [0.1, 0.15) is 17.3 Å². The van der Waals surface area contributed by atoms with Gasteiger partial charge in [0.05, 0.1) is 11.0 Å². The SMILES string of the molecule is CC(=O)[C@@]1(C)C2=C(CCCCCC2)OC2=C1C(=O)CC(C)(C)C2. The maximum atomic E-state index is 12.9. The van der Waals surface area contributed by atoms with Crippen molar-refractivity contribution in [2.24, 2.45) is 10.8 Å². The van der Waals surface area contributed by atoms with Crippen molar-refractivity contribution in [3.63, 3.8) is 0 Å². The molecular formula is C20H28O3. The van der Waals surface area contributed by atoms with Gasteiger partial charge in [0.15, 0.2) is 5.78 Å². The summed E-state index contributed by atoms with van der Waals surface area (Å²) in [7, 11) is 0. The number of hydrogen-bond donors (Lipinski definition) is 0. The molecule has 0 spiro atoms. The van der Waals surface area contributed by atoms with Gasteiger partial charge in [-0.05, 0) is 44.1 Å². The van der Waals surface area contributed by atoms with E-state index >= 15 is 0 Å². The lowest BCUT2D eigenvalue weighted by Crippen LogP contribution is -2.42. The summed E-state index contributed by atoms with van der Waals surface area (Å²) in [5.41, 5.74) is 0.876. The van der Waals surface area contributed by atoms with Crippen LogP contribution in [0.25, 0.3) is 0 Å². The van der Waals surface area contributed by atoms with Gasteiger partial charge in [0.25, 0.3) is 0 Å². The van der Waals surface area contributed by atoms with Gasteiger partial charge in [-0.1, -0.05) is 26.7 Å². The van der Waals surface area contributed by atoms with Crippen LogP contribution in [0.2, 0.25) is 0 Å². The molecule has 3 heteroatoms. The first-order valence-corrected chi connectivity index (χ1v) is 8.94. The van der Waals surface area contributed by atoms with Gasteiger partial charge >= 0.3 is 0 Å². The van der Waals surface area contributed by atoms with E-state index in [1.807, 2.05) is 6.92 Å². The number of ketones is 2. The average Bonchev–Trinajstić information content (AvgIpc) is 2.38. The van der Waals surface area contributed by atoms with Gasteiger partial charge in [0, 0.05) is 19.3 Å². The second-order valence-electron chi connectivity index (χ2n) is 8.34. The quantitative estimate of drug-likeness (QED) is 0.693. The lowest BCUT2D eigenvalue weighted by molar-refractivity contribution is -0.128. The highest BCUT2D eigenvalue weighted by Crippen LogP contribution is 2.53. The Morgan fingerprint density at radius 3 is 2.26 bits per heavy atom. The Balaban J connectivity index is 2.14. The molecule has 1 atom stereocenters. The number of carbonyl (C=O) groups is 2. The second-order valence-corrected chi connectivity index (χ2v) is 8.34. The number of ether oxygens (including phenoxy) is 1. The molecule has 0 radical (unpaired) electrons. The molecule has 3 aliphatic rings. The summed E-state index contributed by atoms with van der Waals surface area (Å²) in [6.07, 6.45) is 7.60. The molecule has 1 aliphatic heterocycles. The van der Waals surface area contributed by atoms with E-state index in [2.05, 4.69) is 13.8 Å². The number of carbonyl (C=O) groups excluding carboxylic acids is 2. The molecule has 0 unspecified atom stereocenters. The molecule has 2 aliphatic carbocycles. The molecule has 3 nitrogen and oxygen atoms in total. The van der Waals surface area contributed by atoms with Crippen LogP contribution in [0, 0.1) is 10.8 Å². The molecule has 0 aromatic rings. The summed E-state index contributed by atoms with van der Waals surface area (Å²) in [5.74, 6) is 1.92. The van der Waals surface area contributed by atoms with Gasteiger partial charge in [-0.15, -0.1) is 0 Å². The van der Waals surface area contributed by atoms with Crippen molar-refractivity contribution >= 4 is 11.6 Å². The third-order valence-electron chi connectivity index (χ3n) is 5.81. The van der Waals surface area contributed by atoms with E-state index in [1.165, 1.54) is 12.8 Å². The normalized spacial score (nSPS) is 30.9. The number of Topliss-reactive ketones (excluding diaryl/α,β-unsaturated/α-hetero) is 2. The molecule has 0 N–H and O–H groups in total. The first kappa shape index (κ1) is 16.5. The summed E-state index contributed by atoms with van der Waals surface area (Å²) in [4.78, 5) is 25.5. The third kappa shape index (κ3) is 2.68. The molecule has 0 bridgehead atoms. The van der Waals surface area contributed by atoms with Crippen molar-refractivity contribution in [3.8, 4) is 0 Å². The van der Waals surface area contributed by atoms with E-state index < -0.39 is 5.41 Å². The molecule has 0 fully saturated rings. The molecule has 0 aromatic heterocycles. The zero-order chi connectivity index (χ0) is 16.8. The molecule has 126 valence electrons. The zero-order valence-electron chi connectivity index (χ0n) is 14.9. The van der Waals surface area contributed by atoms with E-state index in [0.717, 1.165) is 49.2 Å². The number of allylic oxidation sites excluding steroid dienone is 4. The minimum absolute atomic E-state index is 0.0782. The highest BCUT2D eigenvalue weighted by Gasteiger charge is 2.51. The standard InChI is InChI=1S/C20H28O3/c1-13(21)20(4)14-9-7-5-6-8-10-16(14)23-17-12-19(2,3)11-15(22)18(17)20/h5-12H2,1-4H3/t20-/m0/s1. The highest BCUT2D eigenvalue weighted by molar-refractivity contribution is 6.07. The molecular weight excluding hydrogens is 288 g/mol. The average molecular weight is 316 g/mol. The summed E-state index contributed by atoms with van der Waals surface area (Å²) in [5, 5.41) is 0. The van der Waals surface area contributed by atoms with Gasteiger partial charge in [-0.3, -0.25) is 9.59 Å². The highest BCUT2D eigenvalue weighted by atomic mass is 16.5. The Morgan fingerprint density at radius 1 is 0.957 bits per heavy atom. The van der Waals surface area contributed by atoms with Crippen LogP contribution in [0.15, 0.2) is 22.7 Å². The first-order chi connectivity index (χ1) is 10.8. The summed E-state index contributed by atoms with van der Waals surface area (Å²) < 4.78 is 6.27. The fourth-order valence-corrected chi connectivity index (χ4v) is 4.47. The van der Waals surface area contributed by atoms with E-state index in [1.54, 1.807) is 6.92 Å². The lowest BCUT2D eigenvalue weighted by Gasteiger charge is -2.44. The summed E-state index contributed by atoms with van der Waals surface area (Å²) >= 11 is 0. The van der Waals surface area contributed by atoms with Gasteiger partial charge in [0.2, 0.25) is 0 Å². The van der Waals surface area contributed by atoms with E-state index in [-0.39, 0.29) is 17.0 Å². The molecule has 3 rings (SSSR count). The molecule has 1 heterocycles. The molecule has 0 saturated heterocycles. The fourth-order valence-electron chi connectivity index (χ4n) is 4.47. The van der Waals surface area contributed by atoms with Crippen LogP contribution >= 0.6 is 0 Å². The molecule has 0 aromatic carbocycles. The minimum Gasteiger partial charge on any atom is -0.466 e. The lowest BCUT2D eigenvalue weighted by atomic mass is 9.62. The van der Waals surface area contributed by atoms with Crippen LogP contribution in [0.1, 0.15) is 79.1 Å². The van der Waals surface area contributed by atoms with Gasteiger partial charge in [-0.25, -0.2) is 0 Å². The van der Waals surface area contributed by atoms with Crippen LogP contribution in [0.3, 0.4) is 0 Å². The van der Waals surface area contributed by atoms with Gasteiger partial charge < -0.3 is 4.74 Å². The maximum absolute atomic E-state index is 12.9. The summed E-state index contributed by atoms with van der Waals surface area (Å²) in [6.45, 7) is 7.79. The smallest absolute Gasteiger partial charge is 0.164 e. The zero-order valence-corrected chi connectivity index (χ0v) is 14.9. The van der Waals surface area contributed by atoms with E-state index in [9.17, 15) is 9.59 Å². The predicted octanol–water partition coefficient (Wildman–Crippen LogP) is 4.86. The first-order valence-electron chi connectivity index (χ1n) is 8.94. The Morgan fingerprint density at radius 2 is 1.61 bits per heavy atom. The van der Waals surface area contributed by atoms with E-state index in [0.29, 0.717) is 12.0 Å². The molecule has 23 heavy (non-hydrogen) atoms. The van der Waals surface area contributed by atoms with Crippen molar-refractivity contribution in [2.75, 3.05) is 0 Å². The van der Waals surface area contributed by atoms with Crippen molar-refractivity contribution < 1.29 is 14.3 Å². The maximum Gasteiger partial charge on any atom is 0.164 e. The second kappa shape index (κ2) is 5.61. The Labute approximate surface area is 139 Å². The van der Waals surface area contributed by atoms with Crippen LogP contribution in [-0.4, -0.2) is 11.6 Å². The van der Waals surface area contributed by atoms with Gasteiger partial charge in [-0.2, -0.15) is 0 Å². The molecule has 0 amide bonds. The van der Waals surface area contributed by atoms with Crippen molar-refractivity contribution in [1.29, 1.82) is 0 Å². The minimum atomic E-state index is -0.770. The van der Waals surface area contributed by atoms with Crippen LogP contribution < -0.4 is 0 Å². The van der Waals surface area contributed by atoms with Crippen molar-refractivity contribution in [2.45, 2.75) is 79.1 Å². The third-order valence-corrected chi connectivity index (χ3v) is 5.81. The Bertz CT molecular complexity index is 621. The topological polar surface area (TPSA) is 43.4 Å². The van der Waals surface area contributed by atoms with Crippen LogP contribution in [0.5, 0.6) is 0 Å². The summed E-state index contributed by atoms with van der Waals surface area (Å²) in [6, 6.07) is 0. The van der Waals surface area contributed by atoms with Crippen molar-refractivity contribution in [1.82, 2.24) is 0 Å². The largest absolute Gasteiger partial charge is 0.466 e. The predicted molar refractivity (Wildman–Crippen MR) is 89.6 cm³/mol. The number of rotatable bonds is 1. The Kier molecular flexibility index (Phi) is 4.02. The van der Waals surface area contributed by atoms with Crippen LogP contribution in [-0.2, 0) is 14.3 Å². The van der Waals surface area contributed by atoms with Crippen molar-refractivity contribution in [3.05, 3.63) is 22.7 Å². The number of hydrogen-bond acceptors (Lipinski definition) is 3. The fraction of sp³-hybridized carbons (Fsp3) is 0.700. The van der Waals surface area contributed by atoms with Crippen LogP contribution in [0.4, 0.5) is 0 Å². The monoisotopic (exact) mass is 316 g/mol. The van der Waals surface area contributed by atoms with E-state index in [4.69, 9.17) is 4.74 Å². The Hall–Kier alpha value is -1.38.